The Morgan fingerprint density at radius 1 is 1.16 bits per heavy atom. The second kappa shape index (κ2) is 7.60. The van der Waals surface area contributed by atoms with Crippen molar-refractivity contribution in [3.8, 4) is 5.75 Å². The van der Waals surface area contributed by atoms with Crippen LogP contribution in [0.1, 0.15) is 11.5 Å². The topological polar surface area (TPSA) is 41.6 Å². The zero-order valence-electron chi connectivity index (χ0n) is 13.5. The smallest absolute Gasteiger partial charge is 0.410 e. The molecule has 1 saturated heterocycles. The number of ether oxygens (including phenoxy) is 1. The average Bonchev–Trinajstić information content (AvgIpc) is 3.08. The van der Waals surface area contributed by atoms with Gasteiger partial charge in [-0.15, -0.1) is 0 Å². The molecular weight excluding hydrogens is 366 g/mol. The van der Waals surface area contributed by atoms with Gasteiger partial charge < -0.3 is 15.0 Å². The van der Waals surface area contributed by atoms with Crippen LogP contribution < -0.4 is 10.1 Å². The lowest BCUT2D eigenvalue weighted by Gasteiger charge is -2.28. The molecule has 1 fully saturated rings. The molecule has 0 radical (unpaired) electrons. The van der Waals surface area contributed by atoms with Crippen molar-refractivity contribution in [3.63, 3.8) is 0 Å². The van der Waals surface area contributed by atoms with Gasteiger partial charge in [0.1, 0.15) is 11.6 Å². The standard InChI is InChI=1S/C18H17Cl2FN2O2/c1-23(18(24)25-13-5-3-12(21)4-6-13)17-10-22-9-14(17)11-2-7-15(19)16(20)8-11/h2-8,14,17,22H,9-10H2,1H3. The molecule has 0 aromatic heterocycles. The minimum absolute atomic E-state index is 0.0699. The molecule has 2 aromatic carbocycles. The third kappa shape index (κ3) is 4.06. The van der Waals surface area contributed by atoms with E-state index in [-0.39, 0.29) is 17.8 Å². The van der Waals surface area contributed by atoms with E-state index >= 15 is 0 Å². The van der Waals surface area contributed by atoms with Gasteiger partial charge in [0.15, 0.2) is 0 Å². The Bertz CT molecular complexity index is 770. The third-order valence-corrected chi connectivity index (χ3v) is 5.10. The normalized spacial score (nSPS) is 19.7. The first-order valence-electron chi connectivity index (χ1n) is 7.81. The fourth-order valence-electron chi connectivity index (χ4n) is 2.97. The summed E-state index contributed by atoms with van der Waals surface area (Å²) in [5.74, 6) is -0.0105. The van der Waals surface area contributed by atoms with E-state index in [0.717, 1.165) is 12.1 Å². The number of nitrogens with zero attached hydrogens (tertiary/aromatic N) is 1. The summed E-state index contributed by atoms with van der Waals surface area (Å²) in [5, 5.41) is 4.27. The second-order valence-corrected chi connectivity index (χ2v) is 6.75. The number of amides is 1. The maximum absolute atomic E-state index is 12.9. The summed E-state index contributed by atoms with van der Waals surface area (Å²) in [5.41, 5.74) is 1.01. The van der Waals surface area contributed by atoms with E-state index in [2.05, 4.69) is 5.32 Å². The van der Waals surface area contributed by atoms with Gasteiger partial charge in [0, 0.05) is 26.1 Å². The number of carbonyl (C=O) groups is 1. The van der Waals surface area contributed by atoms with Gasteiger partial charge in [-0.1, -0.05) is 29.3 Å². The van der Waals surface area contributed by atoms with E-state index < -0.39 is 6.09 Å². The highest BCUT2D eigenvalue weighted by atomic mass is 35.5. The molecule has 1 aliphatic rings. The molecule has 0 bridgehead atoms. The van der Waals surface area contributed by atoms with Crippen LogP contribution in [0.25, 0.3) is 0 Å². The molecule has 0 aliphatic carbocycles. The van der Waals surface area contributed by atoms with Gasteiger partial charge in [-0.3, -0.25) is 0 Å². The van der Waals surface area contributed by atoms with Crippen molar-refractivity contribution >= 4 is 29.3 Å². The molecule has 0 spiro atoms. The van der Waals surface area contributed by atoms with Gasteiger partial charge in [0.2, 0.25) is 0 Å². The fraction of sp³-hybridized carbons (Fsp3) is 0.278. The quantitative estimate of drug-likeness (QED) is 0.859. The zero-order chi connectivity index (χ0) is 18.0. The lowest BCUT2D eigenvalue weighted by molar-refractivity contribution is 0.145. The summed E-state index contributed by atoms with van der Waals surface area (Å²) < 4.78 is 18.3. The minimum Gasteiger partial charge on any atom is -0.410 e. The predicted molar refractivity (Wildman–Crippen MR) is 96.0 cm³/mol. The fourth-order valence-corrected chi connectivity index (χ4v) is 3.27. The summed E-state index contributed by atoms with van der Waals surface area (Å²) in [6.45, 7) is 1.36. The van der Waals surface area contributed by atoms with Crippen molar-refractivity contribution < 1.29 is 13.9 Å². The van der Waals surface area contributed by atoms with Crippen molar-refractivity contribution in [1.82, 2.24) is 10.2 Å². The number of rotatable bonds is 3. The Morgan fingerprint density at radius 3 is 2.56 bits per heavy atom. The van der Waals surface area contributed by atoms with Crippen molar-refractivity contribution in [1.29, 1.82) is 0 Å². The maximum Gasteiger partial charge on any atom is 0.415 e. The molecule has 1 N–H and O–H groups in total. The largest absolute Gasteiger partial charge is 0.415 e. The molecule has 4 nitrogen and oxygen atoms in total. The number of likely N-dealkylation sites (N-methyl/N-ethyl adjacent to an activating group) is 1. The Morgan fingerprint density at radius 2 is 1.88 bits per heavy atom. The van der Waals surface area contributed by atoms with Crippen LogP contribution in [0.5, 0.6) is 5.75 Å². The summed E-state index contributed by atoms with van der Waals surface area (Å²) in [6, 6.07) is 10.7. The minimum atomic E-state index is -0.495. The Labute approximate surface area is 155 Å². The van der Waals surface area contributed by atoms with E-state index in [1.54, 1.807) is 18.0 Å². The second-order valence-electron chi connectivity index (χ2n) is 5.94. The molecule has 1 heterocycles. The summed E-state index contributed by atoms with van der Waals surface area (Å²) in [4.78, 5) is 14.0. The van der Waals surface area contributed by atoms with Crippen LogP contribution in [0.4, 0.5) is 9.18 Å². The first-order chi connectivity index (χ1) is 12.0. The highest BCUT2D eigenvalue weighted by Gasteiger charge is 2.34. The zero-order valence-corrected chi connectivity index (χ0v) is 15.0. The summed E-state index contributed by atoms with van der Waals surface area (Å²) in [6.07, 6.45) is -0.495. The van der Waals surface area contributed by atoms with Crippen LogP contribution in [-0.2, 0) is 0 Å². The monoisotopic (exact) mass is 382 g/mol. The van der Waals surface area contributed by atoms with Gasteiger partial charge in [0.25, 0.3) is 0 Å². The van der Waals surface area contributed by atoms with E-state index in [9.17, 15) is 9.18 Å². The highest BCUT2D eigenvalue weighted by Crippen LogP contribution is 2.31. The molecule has 2 unspecified atom stereocenters. The van der Waals surface area contributed by atoms with Gasteiger partial charge in [-0.25, -0.2) is 9.18 Å². The first-order valence-corrected chi connectivity index (χ1v) is 8.57. The Kier molecular flexibility index (Phi) is 5.47. The van der Waals surface area contributed by atoms with Crippen LogP contribution in [0.3, 0.4) is 0 Å². The van der Waals surface area contributed by atoms with Crippen molar-refractivity contribution in [2.45, 2.75) is 12.0 Å². The van der Waals surface area contributed by atoms with Crippen LogP contribution in [-0.4, -0.2) is 37.2 Å². The molecule has 1 aliphatic heterocycles. The predicted octanol–water partition coefficient (Wildman–Crippen LogP) is 4.32. The third-order valence-electron chi connectivity index (χ3n) is 4.36. The lowest BCUT2D eigenvalue weighted by Crippen LogP contribution is -2.42. The molecule has 7 heteroatoms. The SMILES string of the molecule is CN(C(=O)Oc1ccc(F)cc1)C1CNCC1c1ccc(Cl)c(Cl)c1. The first kappa shape index (κ1) is 18.0. The van der Waals surface area contributed by atoms with Crippen molar-refractivity contribution in [2.24, 2.45) is 0 Å². The lowest BCUT2D eigenvalue weighted by atomic mass is 9.93. The van der Waals surface area contributed by atoms with Crippen molar-refractivity contribution in [3.05, 3.63) is 63.9 Å². The molecule has 2 atom stereocenters. The van der Waals surface area contributed by atoms with E-state index in [1.165, 1.54) is 24.3 Å². The van der Waals surface area contributed by atoms with E-state index in [1.807, 2.05) is 12.1 Å². The van der Waals surface area contributed by atoms with Crippen molar-refractivity contribution in [2.75, 3.05) is 20.1 Å². The van der Waals surface area contributed by atoms with Gasteiger partial charge in [0.05, 0.1) is 16.1 Å². The Balaban J connectivity index is 1.73. The maximum atomic E-state index is 12.9. The number of hydrogen-bond acceptors (Lipinski definition) is 3. The molecule has 132 valence electrons. The van der Waals surface area contributed by atoms with E-state index in [4.69, 9.17) is 27.9 Å². The van der Waals surface area contributed by atoms with Crippen LogP contribution in [0, 0.1) is 5.82 Å². The number of hydrogen-bond donors (Lipinski definition) is 1. The molecule has 25 heavy (non-hydrogen) atoms. The average molecular weight is 383 g/mol. The number of benzene rings is 2. The molecule has 3 rings (SSSR count). The summed E-state index contributed by atoms with van der Waals surface area (Å²) >= 11 is 12.1. The molecular formula is C18H17Cl2FN2O2. The van der Waals surface area contributed by atoms with Crippen LogP contribution in [0.15, 0.2) is 42.5 Å². The highest BCUT2D eigenvalue weighted by molar-refractivity contribution is 6.42. The van der Waals surface area contributed by atoms with Gasteiger partial charge in [-0.05, 0) is 42.0 Å². The van der Waals surface area contributed by atoms with Crippen LogP contribution in [0.2, 0.25) is 10.0 Å². The molecule has 2 aromatic rings. The van der Waals surface area contributed by atoms with Gasteiger partial charge >= 0.3 is 6.09 Å². The number of nitrogens with one attached hydrogen (secondary N) is 1. The van der Waals surface area contributed by atoms with Gasteiger partial charge in [-0.2, -0.15) is 0 Å². The number of carbonyl (C=O) groups excluding carboxylic acids is 1. The Hall–Kier alpha value is -1.82. The summed E-state index contributed by atoms with van der Waals surface area (Å²) in [7, 11) is 1.69. The molecule has 1 amide bonds. The number of halogens is 3. The van der Waals surface area contributed by atoms with E-state index in [0.29, 0.717) is 22.3 Å². The molecule has 0 saturated carbocycles. The van der Waals surface area contributed by atoms with Crippen LogP contribution >= 0.6 is 23.2 Å².